The molecule has 0 fully saturated rings. The van der Waals surface area contributed by atoms with E-state index in [9.17, 15) is 4.79 Å². The number of rotatable bonds is 7. The lowest BCUT2D eigenvalue weighted by molar-refractivity contribution is 0.102. The van der Waals surface area contributed by atoms with Crippen molar-refractivity contribution in [3.8, 4) is 11.5 Å². The molecule has 0 spiro atoms. The van der Waals surface area contributed by atoms with Gasteiger partial charge in [0.15, 0.2) is 11.5 Å². The Balaban J connectivity index is 1.83. The predicted molar refractivity (Wildman–Crippen MR) is 122 cm³/mol. The molecule has 0 bridgehead atoms. The second-order valence-corrected chi connectivity index (χ2v) is 7.60. The summed E-state index contributed by atoms with van der Waals surface area (Å²) >= 11 is 6.48. The molecule has 0 saturated carbocycles. The molecule has 0 aliphatic carbocycles. The molecule has 3 aromatic rings. The molecule has 1 N–H and O–H groups in total. The number of halogens is 1. The largest absolute Gasteiger partial charge is 0.490 e. The van der Waals surface area contributed by atoms with Crippen LogP contribution in [0.2, 0.25) is 5.02 Å². The van der Waals surface area contributed by atoms with E-state index in [1.807, 2.05) is 70.2 Å². The summed E-state index contributed by atoms with van der Waals surface area (Å²) in [7, 11) is 0. The maximum absolute atomic E-state index is 12.8. The highest BCUT2D eigenvalue weighted by molar-refractivity contribution is 6.32. The van der Waals surface area contributed by atoms with Crippen LogP contribution in [0.15, 0.2) is 54.6 Å². The van der Waals surface area contributed by atoms with Crippen molar-refractivity contribution in [3.63, 3.8) is 0 Å². The molecule has 0 radical (unpaired) electrons. The minimum Gasteiger partial charge on any atom is -0.490 e. The number of amides is 1. The van der Waals surface area contributed by atoms with E-state index in [4.69, 9.17) is 21.1 Å². The first-order chi connectivity index (χ1) is 14.4. The number of nitrogens with one attached hydrogen (secondary N) is 1. The maximum Gasteiger partial charge on any atom is 0.255 e. The summed E-state index contributed by atoms with van der Waals surface area (Å²) < 4.78 is 11.7. The van der Waals surface area contributed by atoms with Gasteiger partial charge in [-0.1, -0.05) is 53.6 Å². The average Bonchev–Trinajstić information content (AvgIpc) is 2.72. The fraction of sp³-hybridized carbons (Fsp3) is 0.240. The van der Waals surface area contributed by atoms with Crippen molar-refractivity contribution in [2.75, 3.05) is 11.9 Å². The molecule has 156 valence electrons. The molecule has 3 rings (SSSR count). The fourth-order valence-corrected chi connectivity index (χ4v) is 3.29. The highest BCUT2D eigenvalue weighted by Gasteiger charge is 2.17. The summed E-state index contributed by atoms with van der Waals surface area (Å²) in [4.78, 5) is 12.8. The Morgan fingerprint density at radius 2 is 1.73 bits per heavy atom. The molecule has 0 aliphatic heterocycles. The molecule has 4 nitrogen and oxygen atoms in total. The first-order valence-corrected chi connectivity index (χ1v) is 10.3. The van der Waals surface area contributed by atoms with Gasteiger partial charge in [-0.05, 0) is 62.6 Å². The molecule has 30 heavy (non-hydrogen) atoms. The van der Waals surface area contributed by atoms with Gasteiger partial charge < -0.3 is 14.8 Å². The van der Waals surface area contributed by atoms with Gasteiger partial charge in [-0.3, -0.25) is 4.79 Å². The quantitative estimate of drug-likeness (QED) is 0.472. The van der Waals surface area contributed by atoms with Crippen molar-refractivity contribution in [2.24, 2.45) is 0 Å². The Labute approximate surface area is 182 Å². The van der Waals surface area contributed by atoms with Crippen LogP contribution in [0.25, 0.3) is 0 Å². The van der Waals surface area contributed by atoms with Crippen molar-refractivity contribution < 1.29 is 14.3 Å². The van der Waals surface area contributed by atoms with Gasteiger partial charge in [0, 0.05) is 11.3 Å². The van der Waals surface area contributed by atoms with Gasteiger partial charge in [-0.15, -0.1) is 0 Å². The average molecular weight is 424 g/mol. The molecule has 0 heterocycles. The molecule has 0 aliphatic rings. The Kier molecular flexibility index (Phi) is 7.01. The normalized spacial score (nSPS) is 10.6. The minimum atomic E-state index is -0.253. The first kappa shape index (κ1) is 21.7. The Hall–Kier alpha value is -2.98. The number of carbonyl (C=O) groups excluding carboxylic acids is 1. The lowest BCUT2D eigenvalue weighted by Gasteiger charge is -2.16. The fourth-order valence-electron chi connectivity index (χ4n) is 3.02. The summed E-state index contributed by atoms with van der Waals surface area (Å²) in [5.41, 5.74) is 5.53. The van der Waals surface area contributed by atoms with Gasteiger partial charge in [-0.2, -0.15) is 0 Å². The number of aryl methyl sites for hydroxylation is 2. The van der Waals surface area contributed by atoms with E-state index in [-0.39, 0.29) is 5.91 Å². The van der Waals surface area contributed by atoms with Crippen LogP contribution in [0.3, 0.4) is 0 Å². The number of anilines is 1. The van der Waals surface area contributed by atoms with Crippen LogP contribution < -0.4 is 14.8 Å². The number of hydrogen-bond acceptors (Lipinski definition) is 3. The number of ether oxygens (including phenoxy) is 2. The topological polar surface area (TPSA) is 47.6 Å². The zero-order valence-electron chi connectivity index (χ0n) is 17.7. The van der Waals surface area contributed by atoms with E-state index in [1.165, 1.54) is 5.56 Å². The van der Waals surface area contributed by atoms with Crippen LogP contribution in [-0.4, -0.2) is 12.5 Å². The van der Waals surface area contributed by atoms with Crippen molar-refractivity contribution >= 4 is 23.2 Å². The SMILES string of the molecule is CCOc1cc(C(=O)Nc2cccc(C)c2C)cc(Cl)c1OCc1ccc(C)cc1. The highest BCUT2D eigenvalue weighted by Crippen LogP contribution is 2.37. The highest BCUT2D eigenvalue weighted by atomic mass is 35.5. The standard InChI is InChI=1S/C25H26ClNO3/c1-5-29-23-14-20(25(28)27-22-8-6-7-17(3)18(22)4)13-21(26)24(23)30-15-19-11-9-16(2)10-12-19/h6-14H,5,15H2,1-4H3,(H,27,28). The molecular weight excluding hydrogens is 398 g/mol. The summed E-state index contributed by atoms with van der Waals surface area (Å²) in [5.74, 6) is 0.627. The number of benzene rings is 3. The summed E-state index contributed by atoms with van der Waals surface area (Å²) in [6, 6.07) is 17.2. The van der Waals surface area contributed by atoms with Crippen LogP contribution in [0, 0.1) is 20.8 Å². The Morgan fingerprint density at radius 1 is 1.00 bits per heavy atom. The van der Waals surface area contributed by atoms with Crippen LogP contribution >= 0.6 is 11.6 Å². The third-order valence-electron chi connectivity index (χ3n) is 4.93. The minimum absolute atomic E-state index is 0.253. The molecule has 3 aromatic carbocycles. The van der Waals surface area contributed by atoms with Crippen LogP contribution in [0.4, 0.5) is 5.69 Å². The zero-order chi connectivity index (χ0) is 21.7. The Morgan fingerprint density at radius 3 is 2.43 bits per heavy atom. The first-order valence-electron chi connectivity index (χ1n) is 9.91. The van der Waals surface area contributed by atoms with Crippen LogP contribution in [0.1, 0.15) is 39.5 Å². The smallest absolute Gasteiger partial charge is 0.255 e. The summed E-state index contributed by atoms with van der Waals surface area (Å²) in [6.07, 6.45) is 0. The molecule has 0 aromatic heterocycles. The van der Waals surface area contributed by atoms with E-state index in [0.29, 0.717) is 35.3 Å². The monoisotopic (exact) mass is 423 g/mol. The van der Waals surface area contributed by atoms with Gasteiger partial charge >= 0.3 is 0 Å². The lowest BCUT2D eigenvalue weighted by Crippen LogP contribution is -2.14. The van der Waals surface area contributed by atoms with Gasteiger partial charge in [-0.25, -0.2) is 0 Å². The van der Waals surface area contributed by atoms with Crippen molar-refractivity contribution in [1.29, 1.82) is 0 Å². The van der Waals surface area contributed by atoms with Gasteiger partial charge in [0.05, 0.1) is 11.6 Å². The molecular formula is C25H26ClNO3. The second kappa shape index (κ2) is 9.68. The van der Waals surface area contributed by atoms with Crippen LogP contribution in [-0.2, 0) is 6.61 Å². The number of carbonyl (C=O) groups is 1. The Bertz CT molecular complexity index is 1050. The van der Waals surface area contributed by atoms with E-state index in [0.717, 1.165) is 22.4 Å². The molecule has 0 unspecified atom stereocenters. The predicted octanol–water partition coefficient (Wildman–Crippen LogP) is 6.50. The van der Waals surface area contributed by atoms with E-state index in [1.54, 1.807) is 12.1 Å². The van der Waals surface area contributed by atoms with Gasteiger partial charge in [0.1, 0.15) is 6.61 Å². The third-order valence-corrected chi connectivity index (χ3v) is 5.21. The van der Waals surface area contributed by atoms with E-state index >= 15 is 0 Å². The summed E-state index contributed by atoms with van der Waals surface area (Å²) in [6.45, 7) is 8.69. The molecule has 5 heteroatoms. The van der Waals surface area contributed by atoms with Gasteiger partial charge in [0.2, 0.25) is 0 Å². The van der Waals surface area contributed by atoms with E-state index in [2.05, 4.69) is 5.32 Å². The molecule has 0 atom stereocenters. The van der Waals surface area contributed by atoms with Crippen molar-refractivity contribution in [1.82, 2.24) is 0 Å². The zero-order valence-corrected chi connectivity index (χ0v) is 18.5. The van der Waals surface area contributed by atoms with Crippen molar-refractivity contribution in [3.05, 3.63) is 87.4 Å². The molecule has 1 amide bonds. The second-order valence-electron chi connectivity index (χ2n) is 7.19. The third kappa shape index (κ3) is 5.14. The van der Waals surface area contributed by atoms with E-state index < -0.39 is 0 Å². The number of hydrogen-bond donors (Lipinski definition) is 1. The van der Waals surface area contributed by atoms with Crippen molar-refractivity contribution in [2.45, 2.75) is 34.3 Å². The maximum atomic E-state index is 12.8. The van der Waals surface area contributed by atoms with Crippen LogP contribution in [0.5, 0.6) is 11.5 Å². The summed E-state index contributed by atoms with van der Waals surface area (Å²) in [5, 5.41) is 3.29. The van der Waals surface area contributed by atoms with Gasteiger partial charge in [0.25, 0.3) is 5.91 Å². The molecule has 0 saturated heterocycles. The lowest BCUT2D eigenvalue weighted by atomic mass is 10.1.